The Labute approximate surface area is 424 Å². The Balaban J connectivity index is 0.000000543. The van der Waals surface area contributed by atoms with E-state index in [9.17, 15) is 19.5 Å². The molecule has 1 aliphatic heterocycles. The highest BCUT2D eigenvalue weighted by atomic mass is 16.5. The van der Waals surface area contributed by atoms with Crippen molar-refractivity contribution in [3.8, 4) is 40.0 Å². The second kappa shape index (κ2) is 27.3. The van der Waals surface area contributed by atoms with Crippen molar-refractivity contribution < 1.29 is 29.0 Å². The fourth-order valence-electron chi connectivity index (χ4n) is 9.36. The number of pyridine rings is 1. The van der Waals surface area contributed by atoms with E-state index in [1.807, 2.05) is 68.9 Å². The molecule has 1 fully saturated rings. The third-order valence-corrected chi connectivity index (χ3v) is 13.5. The van der Waals surface area contributed by atoms with Gasteiger partial charge in [-0.15, -0.1) is 6.58 Å². The molecule has 388 valence electrons. The number of carbonyl (C=O) groups is 3. The Hall–Kier alpha value is -5.56. The molecule has 1 saturated heterocycles. The Kier molecular flexibility index (Phi) is 22.3. The van der Waals surface area contributed by atoms with Crippen LogP contribution in [0.4, 0.5) is 0 Å². The molecular weight excluding hydrogens is 893 g/mol. The number of hydrogen-bond donors (Lipinski definition) is 4. The number of nitrogens with one attached hydrogen (secondary N) is 2. The van der Waals surface area contributed by atoms with E-state index in [0.717, 1.165) is 108 Å². The third-order valence-electron chi connectivity index (χ3n) is 13.5. The van der Waals surface area contributed by atoms with E-state index in [2.05, 4.69) is 104 Å². The van der Waals surface area contributed by atoms with Crippen LogP contribution in [0.5, 0.6) is 5.75 Å². The van der Waals surface area contributed by atoms with Crippen molar-refractivity contribution in [3.63, 3.8) is 0 Å². The average molecular weight is 977 g/mol. The Morgan fingerprint density at radius 2 is 1.80 bits per heavy atom. The van der Waals surface area contributed by atoms with E-state index in [1.165, 1.54) is 0 Å². The summed E-state index contributed by atoms with van der Waals surface area (Å²) in [6.07, 6.45) is 9.65. The first-order chi connectivity index (χ1) is 33.7. The second-order valence-corrected chi connectivity index (χ2v) is 21.0. The van der Waals surface area contributed by atoms with Gasteiger partial charge in [0, 0.05) is 67.4 Å². The number of aromatic nitrogens is 2. The number of amides is 2. The molecule has 3 unspecified atom stereocenters. The molecule has 5 N–H and O–H groups in total. The van der Waals surface area contributed by atoms with Gasteiger partial charge in [-0.2, -0.15) is 0 Å². The lowest BCUT2D eigenvalue weighted by Gasteiger charge is -2.29. The van der Waals surface area contributed by atoms with Crippen LogP contribution in [-0.2, 0) is 49.9 Å². The Bertz CT molecular complexity index is 2440. The highest BCUT2D eigenvalue weighted by Crippen LogP contribution is 2.41. The van der Waals surface area contributed by atoms with Gasteiger partial charge in [-0.3, -0.25) is 40.4 Å². The quantitative estimate of drug-likeness (QED) is 0.0134. The molecule has 4 aromatic rings. The molecule has 0 spiro atoms. The lowest BCUT2D eigenvalue weighted by molar-refractivity contribution is -0.131. The number of aryl methyl sites for hydroxylation is 1. The minimum absolute atomic E-state index is 0.0157. The maximum absolute atomic E-state index is 13.6. The van der Waals surface area contributed by atoms with Gasteiger partial charge in [0.25, 0.3) is 12.4 Å². The highest BCUT2D eigenvalue weighted by Gasteiger charge is 2.30. The molecule has 71 heavy (non-hydrogen) atoms. The standard InChI is InChI=1S/C43H62N6O5.C14H22N2O/c1-9-49-39-17-16-31(24-36(39)37(25-43(4,5)27-54-28-50)41(49)35-15-13-18-45-38(35)26-53-8)32-20-30(22-34(51)23-32)21-33(14-11-10-12-19-46-44)47-42(52)40(29(2)3)48(6)7;1-6-12-8-10-16(11-12)13(17)7-9-14(2,3)15(4)5/h13,15-18,20,22-24,28-29,33,40,46,51H,9-12,14,19,21,25-27,44H2,1-8H3,(H,47,52);6,12H,1,8,10-11H2,2-5H3. The van der Waals surface area contributed by atoms with Gasteiger partial charge in [0.1, 0.15) is 5.75 Å². The van der Waals surface area contributed by atoms with Gasteiger partial charge in [0.05, 0.1) is 36.2 Å². The van der Waals surface area contributed by atoms with Gasteiger partial charge in [0.15, 0.2) is 0 Å². The van der Waals surface area contributed by atoms with Gasteiger partial charge < -0.3 is 29.4 Å². The summed E-state index contributed by atoms with van der Waals surface area (Å²) in [6.45, 7) is 22.4. The molecule has 5 rings (SSSR count). The number of methoxy groups -OCH3 is 1. The number of ether oxygens (including phenoxy) is 2. The number of hydrogen-bond acceptors (Lipinski definition) is 11. The fraction of sp³-hybridized carbons (Fsp3) is 0.544. The molecule has 2 aromatic carbocycles. The van der Waals surface area contributed by atoms with Crippen molar-refractivity contribution in [2.75, 3.05) is 61.5 Å². The summed E-state index contributed by atoms with van der Waals surface area (Å²) in [5.41, 5.74) is 10.0. The van der Waals surface area contributed by atoms with Crippen molar-refractivity contribution in [2.45, 2.75) is 124 Å². The molecule has 0 saturated carbocycles. The Morgan fingerprint density at radius 1 is 1.06 bits per heavy atom. The number of phenolic OH excluding ortho intramolecular Hbond substituents is 1. The number of rotatable bonds is 24. The van der Waals surface area contributed by atoms with Gasteiger partial charge in [-0.1, -0.05) is 64.7 Å². The summed E-state index contributed by atoms with van der Waals surface area (Å²) in [5, 5.41) is 15.5. The summed E-state index contributed by atoms with van der Waals surface area (Å²) in [5.74, 6) is 12.0. The molecule has 3 atom stereocenters. The van der Waals surface area contributed by atoms with Crippen LogP contribution in [0.3, 0.4) is 0 Å². The molecular formula is C57H84N8O6. The molecule has 0 radical (unpaired) electrons. The van der Waals surface area contributed by atoms with Crippen LogP contribution in [0.2, 0.25) is 0 Å². The maximum atomic E-state index is 13.6. The number of fused-ring (bicyclic) bond motifs is 1. The summed E-state index contributed by atoms with van der Waals surface area (Å²) < 4.78 is 13.2. The maximum Gasteiger partial charge on any atom is 0.298 e. The number of nitrogens with zero attached hydrogens (tertiary/aromatic N) is 5. The molecule has 14 heteroatoms. The lowest BCUT2D eigenvalue weighted by atomic mass is 9.84. The Morgan fingerprint density at radius 3 is 2.42 bits per heavy atom. The number of likely N-dealkylation sites (N-methyl/N-ethyl adjacent to an activating group) is 1. The van der Waals surface area contributed by atoms with E-state index in [0.29, 0.717) is 31.8 Å². The number of carbonyl (C=O) groups excluding carboxylic acids is 3. The predicted octanol–water partition coefficient (Wildman–Crippen LogP) is 7.99. The van der Waals surface area contributed by atoms with Gasteiger partial charge in [0.2, 0.25) is 5.91 Å². The first-order valence-corrected chi connectivity index (χ1v) is 25.2. The van der Waals surface area contributed by atoms with E-state index in [1.54, 1.807) is 25.4 Å². The number of hydrazine groups is 1. The lowest BCUT2D eigenvalue weighted by Crippen LogP contribution is -2.50. The first-order valence-electron chi connectivity index (χ1n) is 25.2. The number of unbranched alkanes of at least 4 members (excludes halogenated alkanes) is 2. The summed E-state index contributed by atoms with van der Waals surface area (Å²) in [4.78, 5) is 47.2. The topological polar surface area (TPSA) is 168 Å². The minimum atomic E-state index is -0.359. The van der Waals surface area contributed by atoms with Crippen molar-refractivity contribution >= 4 is 29.2 Å². The normalized spacial score (nSPS) is 14.8. The van der Waals surface area contributed by atoms with Crippen molar-refractivity contribution in [2.24, 2.45) is 23.1 Å². The summed E-state index contributed by atoms with van der Waals surface area (Å²) in [6, 6.07) is 15.9. The molecule has 14 nitrogen and oxygen atoms in total. The number of benzene rings is 2. The second-order valence-electron chi connectivity index (χ2n) is 21.0. The SMILES string of the molecule is C=CC1CCN(C(=O)C#CC(C)(C)N(C)C)C1.CCn1c(-c2cccnc2COC)c(CC(C)(C)COC=O)c2cc(-c3cc(O)cc(CC(CCCCCNN)NC(=O)C(C(C)C)N(C)C)c3)ccc21. The van der Waals surface area contributed by atoms with Crippen LogP contribution >= 0.6 is 0 Å². The zero-order valence-electron chi connectivity index (χ0n) is 44.9. The van der Waals surface area contributed by atoms with E-state index >= 15 is 0 Å². The molecule has 2 aromatic heterocycles. The molecule has 0 bridgehead atoms. The van der Waals surface area contributed by atoms with E-state index in [-0.39, 0.29) is 53.1 Å². The fourth-order valence-corrected chi connectivity index (χ4v) is 9.36. The third kappa shape index (κ3) is 16.5. The van der Waals surface area contributed by atoms with Gasteiger partial charge in [-0.25, -0.2) is 0 Å². The zero-order chi connectivity index (χ0) is 52.5. The van der Waals surface area contributed by atoms with E-state index < -0.39 is 0 Å². The predicted molar refractivity (Wildman–Crippen MR) is 287 cm³/mol. The monoisotopic (exact) mass is 977 g/mol. The minimum Gasteiger partial charge on any atom is -0.508 e. The zero-order valence-corrected chi connectivity index (χ0v) is 44.9. The van der Waals surface area contributed by atoms with Crippen LogP contribution in [0.25, 0.3) is 33.3 Å². The largest absolute Gasteiger partial charge is 0.508 e. The van der Waals surface area contributed by atoms with Crippen molar-refractivity contribution in [1.29, 1.82) is 0 Å². The molecule has 2 amide bonds. The smallest absolute Gasteiger partial charge is 0.298 e. The van der Waals surface area contributed by atoms with Crippen LogP contribution in [0, 0.1) is 29.1 Å². The first kappa shape index (κ1) is 58.0. The highest BCUT2D eigenvalue weighted by molar-refractivity contribution is 5.95. The molecule has 3 heterocycles. The number of phenols is 1. The van der Waals surface area contributed by atoms with Crippen molar-refractivity contribution in [1.82, 2.24) is 35.0 Å². The van der Waals surface area contributed by atoms with Gasteiger partial charge in [-0.05, 0) is 157 Å². The van der Waals surface area contributed by atoms with Crippen LogP contribution in [0.15, 0.2) is 67.4 Å². The van der Waals surface area contributed by atoms with Crippen LogP contribution < -0.4 is 16.6 Å². The molecule has 0 aliphatic carbocycles. The van der Waals surface area contributed by atoms with Crippen molar-refractivity contribution in [3.05, 3.63) is 84.2 Å². The van der Waals surface area contributed by atoms with Crippen LogP contribution in [0.1, 0.15) is 97.4 Å². The van der Waals surface area contributed by atoms with E-state index in [4.69, 9.17) is 15.3 Å². The summed E-state index contributed by atoms with van der Waals surface area (Å²) in [7, 11) is 9.48. The average Bonchev–Trinajstić information content (AvgIpc) is 3.92. The number of nitrogens with two attached hydrogens (primary N) is 1. The summed E-state index contributed by atoms with van der Waals surface area (Å²) >= 11 is 0. The van der Waals surface area contributed by atoms with Crippen LogP contribution in [-0.4, -0.2) is 127 Å². The molecule has 1 aliphatic rings. The number of aromatic hydroxyl groups is 1. The number of likely N-dealkylation sites (tertiary alicyclic amines) is 1. The van der Waals surface area contributed by atoms with Gasteiger partial charge >= 0.3 is 0 Å².